The van der Waals surface area contributed by atoms with Crippen LogP contribution in [0.2, 0.25) is 0 Å². The first kappa shape index (κ1) is 22.3. The van der Waals surface area contributed by atoms with E-state index in [9.17, 15) is 4.79 Å². The van der Waals surface area contributed by atoms with Gasteiger partial charge in [-0.1, -0.05) is 0 Å². The second-order valence-electron chi connectivity index (χ2n) is 2.90. The van der Waals surface area contributed by atoms with E-state index in [4.69, 9.17) is 52.6 Å². The van der Waals surface area contributed by atoms with E-state index in [0.717, 1.165) is 0 Å². The van der Waals surface area contributed by atoms with Crippen LogP contribution in [0.4, 0.5) is 0 Å². The number of nitrogens with one attached hydrogen (secondary N) is 2. The maximum Gasteiger partial charge on any atom is 0.320 e. The maximum atomic E-state index is 10.2. The Morgan fingerprint density at radius 1 is 1.30 bits per heavy atom. The van der Waals surface area contributed by atoms with Gasteiger partial charge in [-0.25, -0.2) is 0 Å². The minimum Gasteiger partial charge on any atom is -0.480 e. The summed E-state index contributed by atoms with van der Waals surface area (Å²) in [4.78, 5) is 26.9. The molecule has 0 aliphatic heterocycles. The molecule has 118 valence electrons. The number of rotatable bonds is 5. The number of nitrogens with zero attached hydrogens (tertiary/aromatic N) is 2. The Bertz CT molecular complexity index is 303. The van der Waals surface area contributed by atoms with Crippen LogP contribution in [0.25, 0.3) is 0 Å². The van der Waals surface area contributed by atoms with Crippen LogP contribution in [0.3, 0.4) is 0 Å². The van der Waals surface area contributed by atoms with E-state index in [1.165, 1.54) is 0 Å². The van der Waals surface area contributed by atoms with Gasteiger partial charge in [0, 0.05) is 6.54 Å². The van der Waals surface area contributed by atoms with Crippen molar-refractivity contribution in [2.24, 2.45) is 11.5 Å². The van der Waals surface area contributed by atoms with Gasteiger partial charge in [0.05, 0.1) is 0 Å². The molecule has 0 radical (unpaired) electrons. The van der Waals surface area contributed by atoms with E-state index in [1.54, 1.807) is 0 Å². The summed E-state index contributed by atoms with van der Waals surface area (Å²) in [7, 11) is 0. The Morgan fingerprint density at radius 3 is 1.90 bits per heavy atom. The summed E-state index contributed by atoms with van der Waals surface area (Å²) in [6.07, 6.45) is 0.975. The van der Waals surface area contributed by atoms with Gasteiger partial charge in [0.25, 0.3) is 10.2 Å². The fourth-order valence-electron chi connectivity index (χ4n) is 0.669. The molecule has 1 atom stereocenters. The number of nitrogens with two attached hydrogens (primary N) is 2. The molecule has 0 saturated heterocycles. The van der Waals surface area contributed by atoms with Crippen molar-refractivity contribution in [3.8, 4) is 0 Å². The zero-order valence-corrected chi connectivity index (χ0v) is 10.1. The lowest BCUT2D eigenvalue weighted by molar-refractivity contribution is -0.742. The first-order valence-electron chi connectivity index (χ1n) is 4.73. The zero-order chi connectivity index (χ0) is 16.7. The minimum absolute atomic E-state index is 0.112. The van der Waals surface area contributed by atoms with Crippen LogP contribution in [-0.2, 0) is 4.79 Å². The fraction of sp³-hybridized carbons (Fsp3) is 0.667. The number of aliphatic carboxylic acids is 1. The number of carboxylic acids is 1. The molecule has 0 aliphatic rings. The Kier molecular flexibility index (Phi) is 15.8. The first-order valence-corrected chi connectivity index (χ1v) is 4.73. The van der Waals surface area contributed by atoms with Crippen molar-refractivity contribution in [2.75, 3.05) is 6.54 Å². The van der Waals surface area contributed by atoms with E-state index in [2.05, 4.69) is 5.32 Å². The highest BCUT2D eigenvalue weighted by molar-refractivity contribution is 5.74. The van der Waals surface area contributed by atoms with Gasteiger partial charge in [-0.2, -0.15) is 0 Å². The van der Waals surface area contributed by atoms with Crippen LogP contribution in [0, 0.1) is 25.6 Å². The third-order valence-electron chi connectivity index (χ3n) is 1.32. The molecule has 1 unspecified atom stereocenters. The summed E-state index contributed by atoms with van der Waals surface area (Å²) in [5, 5.41) is 45.0. The Hall–Kier alpha value is -2.90. The normalized spacial score (nSPS) is 9.65. The smallest absolute Gasteiger partial charge is 0.320 e. The van der Waals surface area contributed by atoms with Crippen LogP contribution in [-0.4, -0.2) is 50.2 Å². The molecule has 0 heterocycles. The van der Waals surface area contributed by atoms with Crippen LogP contribution in [0.5, 0.6) is 0 Å². The topological polar surface area (TPSA) is 252 Å². The predicted octanol–water partition coefficient (Wildman–Crippen LogP) is -2.03. The summed E-state index contributed by atoms with van der Waals surface area (Å²) in [6.45, 7) is 0.482. The Balaban J connectivity index is -0.000000297. The minimum atomic E-state index is -1.50. The molecule has 0 aliphatic carbocycles. The molecule has 14 nitrogen and oxygen atoms in total. The van der Waals surface area contributed by atoms with Crippen LogP contribution >= 0.6 is 0 Å². The Morgan fingerprint density at radius 2 is 1.65 bits per heavy atom. The first-order chi connectivity index (χ1) is 9.00. The summed E-state index contributed by atoms with van der Waals surface area (Å²) in [5.41, 5.74) is 10.2. The van der Waals surface area contributed by atoms with Gasteiger partial charge in [0.1, 0.15) is 6.04 Å². The second-order valence-corrected chi connectivity index (χ2v) is 2.90. The van der Waals surface area contributed by atoms with E-state index < -0.39 is 22.2 Å². The van der Waals surface area contributed by atoms with E-state index in [-0.39, 0.29) is 5.96 Å². The van der Waals surface area contributed by atoms with Gasteiger partial charge in [0.2, 0.25) is 0 Å². The van der Waals surface area contributed by atoms with Gasteiger partial charge in [0.15, 0.2) is 5.96 Å². The SMILES string of the molecule is N=C(N)NCCCC(N)C(=O)O.O=[N+]([O-])O.O=[N+]([O-])O. The Labute approximate surface area is 111 Å². The molecular weight excluding hydrogens is 284 g/mol. The summed E-state index contributed by atoms with van der Waals surface area (Å²) in [5.74, 6) is -1.11. The molecule has 0 aromatic heterocycles. The lowest BCUT2D eigenvalue weighted by Crippen LogP contribution is -2.34. The molecular formula is C6H16N6O8. The van der Waals surface area contributed by atoms with Gasteiger partial charge in [-0.05, 0) is 12.8 Å². The fourth-order valence-corrected chi connectivity index (χ4v) is 0.669. The van der Waals surface area contributed by atoms with Gasteiger partial charge < -0.3 is 32.3 Å². The van der Waals surface area contributed by atoms with Gasteiger partial charge in [-0.3, -0.25) is 10.2 Å². The highest BCUT2D eigenvalue weighted by atomic mass is 16.9. The van der Waals surface area contributed by atoms with E-state index in [0.29, 0.717) is 19.4 Å². The van der Waals surface area contributed by atoms with Crippen molar-refractivity contribution >= 4 is 11.9 Å². The third-order valence-corrected chi connectivity index (χ3v) is 1.32. The summed E-state index contributed by atoms with van der Waals surface area (Å²) >= 11 is 0. The molecule has 0 aromatic rings. The average molecular weight is 300 g/mol. The molecule has 0 saturated carbocycles. The predicted molar refractivity (Wildman–Crippen MR) is 62.3 cm³/mol. The number of hydrogen-bond acceptors (Lipinski definition) is 7. The zero-order valence-electron chi connectivity index (χ0n) is 10.1. The summed E-state index contributed by atoms with van der Waals surface area (Å²) in [6, 6.07) is -0.821. The van der Waals surface area contributed by atoms with Crippen LogP contribution in [0.1, 0.15) is 12.8 Å². The molecule has 0 amide bonds. The number of carbonyl (C=O) groups is 1. The largest absolute Gasteiger partial charge is 0.480 e. The number of guanidine groups is 1. The molecule has 0 rings (SSSR count). The lowest BCUT2D eigenvalue weighted by Gasteiger charge is -2.06. The third kappa shape index (κ3) is 45.8. The van der Waals surface area contributed by atoms with Crippen molar-refractivity contribution in [1.29, 1.82) is 5.41 Å². The van der Waals surface area contributed by atoms with Crippen LogP contribution in [0.15, 0.2) is 0 Å². The van der Waals surface area contributed by atoms with Crippen molar-refractivity contribution in [3.63, 3.8) is 0 Å². The quantitative estimate of drug-likeness (QED) is 0.0956. The molecule has 0 aromatic carbocycles. The van der Waals surface area contributed by atoms with E-state index in [1.807, 2.05) is 0 Å². The second kappa shape index (κ2) is 14.2. The van der Waals surface area contributed by atoms with Crippen molar-refractivity contribution in [3.05, 3.63) is 20.2 Å². The van der Waals surface area contributed by atoms with Gasteiger partial charge >= 0.3 is 5.97 Å². The van der Waals surface area contributed by atoms with E-state index >= 15 is 0 Å². The monoisotopic (exact) mass is 300 g/mol. The average Bonchev–Trinajstić information content (AvgIpc) is 2.21. The molecule has 0 fully saturated rings. The lowest BCUT2D eigenvalue weighted by atomic mass is 10.2. The van der Waals surface area contributed by atoms with Gasteiger partial charge in [-0.15, -0.1) is 20.2 Å². The molecule has 20 heavy (non-hydrogen) atoms. The maximum absolute atomic E-state index is 10.2. The van der Waals surface area contributed by atoms with Crippen molar-refractivity contribution < 1.29 is 30.5 Å². The standard InChI is InChI=1S/C6H14N4O2.2HNO3/c7-4(5(11)12)2-1-3-10-6(8)9;2*2-1(3)4/h4H,1-3,7H2,(H,11,12)(H4,8,9,10);2*(H,2,3,4). The molecule has 9 N–H and O–H groups in total. The number of carboxylic acid groups (broad SMARTS) is 1. The van der Waals surface area contributed by atoms with Crippen LogP contribution < -0.4 is 16.8 Å². The highest BCUT2D eigenvalue weighted by Crippen LogP contribution is 1.92. The molecule has 0 bridgehead atoms. The highest BCUT2D eigenvalue weighted by Gasteiger charge is 2.09. The van der Waals surface area contributed by atoms with Crippen molar-refractivity contribution in [1.82, 2.24) is 5.32 Å². The number of hydrogen-bond donors (Lipinski definition) is 7. The molecule has 14 heteroatoms. The van der Waals surface area contributed by atoms with Crippen molar-refractivity contribution in [2.45, 2.75) is 18.9 Å². The summed E-state index contributed by atoms with van der Waals surface area (Å²) < 4.78 is 0. The molecule has 0 spiro atoms.